The van der Waals surface area contributed by atoms with Gasteiger partial charge < -0.3 is 15.9 Å². The molecule has 0 fully saturated rings. The van der Waals surface area contributed by atoms with Crippen molar-refractivity contribution in [1.82, 2.24) is 9.97 Å². The van der Waals surface area contributed by atoms with E-state index in [2.05, 4.69) is 20.6 Å². The molecule has 0 aliphatic rings. The predicted octanol–water partition coefficient (Wildman–Crippen LogP) is 2.94. The van der Waals surface area contributed by atoms with Gasteiger partial charge in [0, 0.05) is 5.56 Å². The van der Waals surface area contributed by atoms with Crippen molar-refractivity contribution in [2.75, 3.05) is 5.43 Å². The standard InChI is InChI=1S/C14H10N5O/c15-19-18-12-8-4-1-5-9(12)13-16-11-7-3-2-6-10(11)14(20)17-13/h1-8H,(H2-,15,16,17,18,20)/q-1. The van der Waals surface area contributed by atoms with Crippen molar-refractivity contribution in [3.8, 4) is 11.4 Å². The van der Waals surface area contributed by atoms with Crippen molar-refractivity contribution in [1.29, 1.82) is 0 Å². The second-order valence-corrected chi connectivity index (χ2v) is 4.19. The molecular formula is C14H10N5O-. The molecule has 0 aliphatic carbocycles. The van der Waals surface area contributed by atoms with Gasteiger partial charge in [-0.15, -0.1) is 0 Å². The molecule has 1 aromatic heterocycles. The first-order valence-electron chi connectivity index (χ1n) is 5.98. The zero-order chi connectivity index (χ0) is 13.9. The van der Waals surface area contributed by atoms with Gasteiger partial charge in [-0.1, -0.05) is 36.4 Å². The lowest BCUT2D eigenvalue weighted by Crippen LogP contribution is -2.09. The fraction of sp³-hybridized carbons (Fsp3) is 0. The number of hydrogen-bond acceptors (Lipinski definition) is 3. The molecule has 20 heavy (non-hydrogen) atoms. The minimum Gasteiger partial charge on any atom is -0.386 e. The van der Waals surface area contributed by atoms with Crippen molar-refractivity contribution in [3.63, 3.8) is 0 Å². The largest absolute Gasteiger partial charge is 0.386 e. The van der Waals surface area contributed by atoms with E-state index in [4.69, 9.17) is 5.53 Å². The molecule has 3 aromatic rings. The zero-order valence-corrected chi connectivity index (χ0v) is 10.4. The van der Waals surface area contributed by atoms with E-state index >= 15 is 0 Å². The number of nitrogens with zero attached hydrogens (tertiary/aromatic N) is 3. The van der Waals surface area contributed by atoms with Gasteiger partial charge in [0.2, 0.25) is 0 Å². The highest BCUT2D eigenvalue weighted by Gasteiger charge is 2.07. The molecule has 1 heterocycles. The Morgan fingerprint density at radius 3 is 2.70 bits per heavy atom. The summed E-state index contributed by atoms with van der Waals surface area (Å²) in [5.41, 5.74) is 12.7. The number of H-pyrrole nitrogens is 1. The van der Waals surface area contributed by atoms with E-state index in [1.54, 1.807) is 36.4 Å². The van der Waals surface area contributed by atoms with Crippen molar-refractivity contribution >= 4 is 16.6 Å². The highest BCUT2D eigenvalue weighted by atomic mass is 16.1. The molecule has 0 aliphatic heterocycles. The highest BCUT2D eigenvalue weighted by Crippen LogP contribution is 2.25. The minimum atomic E-state index is -0.207. The zero-order valence-electron chi connectivity index (χ0n) is 10.4. The minimum absolute atomic E-state index is 0.207. The molecule has 0 unspecified atom stereocenters. The summed E-state index contributed by atoms with van der Waals surface area (Å²) < 4.78 is 0. The van der Waals surface area contributed by atoms with Gasteiger partial charge in [-0.05, 0) is 17.8 Å². The maximum Gasteiger partial charge on any atom is 0.259 e. The van der Waals surface area contributed by atoms with Crippen LogP contribution in [0.3, 0.4) is 0 Å². The number of nitrogens with one attached hydrogen (secondary N) is 2. The maximum absolute atomic E-state index is 12.1. The molecule has 0 atom stereocenters. The molecular weight excluding hydrogens is 254 g/mol. The number of aromatic nitrogens is 2. The lowest BCUT2D eigenvalue weighted by molar-refractivity contribution is 1.17. The van der Waals surface area contributed by atoms with Gasteiger partial charge in [-0.25, -0.2) is 4.98 Å². The van der Waals surface area contributed by atoms with Crippen LogP contribution >= 0.6 is 0 Å². The molecule has 0 amide bonds. The molecule has 3 rings (SSSR count). The summed E-state index contributed by atoms with van der Waals surface area (Å²) in [6, 6.07) is 14.2. The van der Waals surface area contributed by atoms with Crippen LogP contribution in [0.5, 0.6) is 0 Å². The van der Waals surface area contributed by atoms with Crippen LogP contribution in [0.2, 0.25) is 0 Å². The number of anilines is 1. The first-order chi connectivity index (χ1) is 9.79. The summed E-state index contributed by atoms with van der Waals surface area (Å²) in [6.07, 6.45) is 0. The molecule has 0 saturated heterocycles. The van der Waals surface area contributed by atoms with Crippen LogP contribution in [0.1, 0.15) is 0 Å². The smallest absolute Gasteiger partial charge is 0.259 e. The summed E-state index contributed by atoms with van der Waals surface area (Å²) in [5, 5.41) is 3.44. The molecule has 98 valence electrons. The van der Waals surface area contributed by atoms with Crippen LogP contribution < -0.4 is 11.0 Å². The van der Waals surface area contributed by atoms with Gasteiger partial charge in [0.1, 0.15) is 5.82 Å². The third kappa shape index (κ3) is 2.03. The predicted molar refractivity (Wildman–Crippen MR) is 77.2 cm³/mol. The molecule has 0 saturated carbocycles. The first-order valence-corrected chi connectivity index (χ1v) is 5.98. The molecule has 6 heteroatoms. The maximum atomic E-state index is 12.1. The van der Waals surface area contributed by atoms with Gasteiger partial charge in [0.25, 0.3) is 5.56 Å². The van der Waals surface area contributed by atoms with Crippen LogP contribution in [-0.2, 0) is 0 Å². The van der Waals surface area contributed by atoms with Gasteiger partial charge in [-0.3, -0.25) is 10.0 Å². The Labute approximate surface area is 114 Å². The Kier molecular flexibility index (Phi) is 2.96. The average Bonchev–Trinajstić information content (AvgIpc) is 2.48. The summed E-state index contributed by atoms with van der Waals surface area (Å²) in [7, 11) is 0. The number of benzene rings is 2. The summed E-state index contributed by atoms with van der Waals surface area (Å²) in [4.78, 5) is 19.2. The fourth-order valence-corrected chi connectivity index (χ4v) is 2.05. The second kappa shape index (κ2) is 4.93. The van der Waals surface area contributed by atoms with Crippen LogP contribution in [0, 0.1) is 0 Å². The normalized spacial score (nSPS) is 10.4. The average molecular weight is 264 g/mol. The van der Waals surface area contributed by atoms with E-state index < -0.39 is 0 Å². The van der Waals surface area contributed by atoms with Crippen LogP contribution in [0.15, 0.2) is 58.5 Å². The third-order valence-corrected chi connectivity index (χ3v) is 2.97. The van der Waals surface area contributed by atoms with Gasteiger partial charge in [-0.2, -0.15) is 0 Å². The Hall–Kier alpha value is -3.02. The van der Waals surface area contributed by atoms with Crippen molar-refractivity contribution in [2.45, 2.75) is 0 Å². The summed E-state index contributed by atoms with van der Waals surface area (Å²) in [6.45, 7) is 0. The Morgan fingerprint density at radius 2 is 1.85 bits per heavy atom. The van der Waals surface area contributed by atoms with Crippen molar-refractivity contribution in [2.24, 2.45) is 5.22 Å². The Bertz CT molecular complexity index is 840. The molecule has 2 aromatic carbocycles. The van der Waals surface area contributed by atoms with Gasteiger partial charge in [0.05, 0.1) is 10.9 Å². The molecule has 0 bridgehead atoms. The second-order valence-electron chi connectivity index (χ2n) is 4.19. The number of fused-ring (bicyclic) bond motifs is 1. The van der Waals surface area contributed by atoms with Crippen LogP contribution in [0.4, 0.5) is 5.69 Å². The fourth-order valence-electron chi connectivity index (χ4n) is 2.05. The third-order valence-electron chi connectivity index (χ3n) is 2.97. The van der Waals surface area contributed by atoms with Gasteiger partial charge in [0.15, 0.2) is 0 Å². The van der Waals surface area contributed by atoms with E-state index in [1.807, 2.05) is 12.1 Å². The Morgan fingerprint density at radius 1 is 1.10 bits per heavy atom. The van der Waals surface area contributed by atoms with Crippen LogP contribution in [0.25, 0.3) is 27.8 Å². The van der Waals surface area contributed by atoms with E-state index in [9.17, 15) is 4.79 Å². The van der Waals surface area contributed by atoms with E-state index in [1.165, 1.54) is 0 Å². The molecule has 0 spiro atoms. The summed E-state index contributed by atoms with van der Waals surface area (Å²) in [5.74, 6) is 0.417. The molecule has 6 nitrogen and oxygen atoms in total. The van der Waals surface area contributed by atoms with Gasteiger partial charge >= 0.3 is 0 Å². The van der Waals surface area contributed by atoms with Crippen molar-refractivity contribution in [3.05, 3.63) is 64.4 Å². The number of hydrogen-bond donors (Lipinski definition) is 2. The SMILES string of the molecule is [N-]=NNc1ccccc1-c1nc2ccccc2c(=O)[nH]1. The number of aromatic amines is 1. The number of para-hydroxylation sites is 2. The van der Waals surface area contributed by atoms with Crippen molar-refractivity contribution < 1.29 is 0 Å². The number of rotatable bonds is 3. The monoisotopic (exact) mass is 264 g/mol. The van der Waals surface area contributed by atoms with Crippen LogP contribution in [-0.4, -0.2) is 9.97 Å². The lowest BCUT2D eigenvalue weighted by Gasteiger charge is -2.12. The van der Waals surface area contributed by atoms with E-state index in [0.29, 0.717) is 28.0 Å². The molecule has 2 N–H and O–H groups in total. The Balaban J connectivity index is 2.25. The van der Waals surface area contributed by atoms with E-state index in [-0.39, 0.29) is 5.56 Å². The summed E-state index contributed by atoms with van der Waals surface area (Å²) >= 11 is 0. The lowest BCUT2D eigenvalue weighted by atomic mass is 10.1. The quantitative estimate of drug-likeness (QED) is 0.562. The highest BCUT2D eigenvalue weighted by molar-refractivity contribution is 5.81. The molecule has 0 radical (unpaired) electrons. The van der Waals surface area contributed by atoms with E-state index in [0.717, 1.165) is 0 Å². The topological polar surface area (TPSA) is 92.4 Å². The first kappa shape index (κ1) is 12.0.